The molecule has 0 spiro atoms. The summed E-state index contributed by atoms with van der Waals surface area (Å²) >= 11 is 0. The summed E-state index contributed by atoms with van der Waals surface area (Å²) in [5.74, 6) is 0.830. The van der Waals surface area contributed by atoms with Gasteiger partial charge in [-0.15, -0.1) is 0 Å². The molecule has 3 aromatic rings. The molecule has 1 amide bonds. The molecule has 1 aromatic carbocycles. The van der Waals surface area contributed by atoms with Crippen molar-refractivity contribution in [3.05, 3.63) is 65.5 Å². The van der Waals surface area contributed by atoms with Gasteiger partial charge in [-0.1, -0.05) is 26.8 Å². The number of amides is 1. The molecule has 0 aliphatic carbocycles. The first-order valence-electron chi connectivity index (χ1n) is 9.98. The minimum Gasteiger partial charge on any atom is -0.306 e. The molecule has 8 nitrogen and oxygen atoms in total. The summed E-state index contributed by atoms with van der Waals surface area (Å²) in [5, 5.41) is 7.60. The summed E-state index contributed by atoms with van der Waals surface area (Å²) in [4.78, 5) is 17.4. The predicted molar refractivity (Wildman–Crippen MR) is 120 cm³/mol. The summed E-state index contributed by atoms with van der Waals surface area (Å²) in [6.07, 6.45) is 3.44. The van der Waals surface area contributed by atoms with Crippen molar-refractivity contribution in [3.8, 4) is 5.82 Å². The van der Waals surface area contributed by atoms with E-state index in [-0.39, 0.29) is 11.3 Å². The van der Waals surface area contributed by atoms with E-state index in [1.165, 1.54) is 10.6 Å². The third kappa shape index (κ3) is 4.18. The first kappa shape index (κ1) is 21.0. The molecule has 2 aromatic heterocycles. The molecule has 31 heavy (non-hydrogen) atoms. The Labute approximate surface area is 182 Å². The average molecular weight is 440 g/mol. The second kappa shape index (κ2) is 7.49. The topological polar surface area (TPSA) is 97.2 Å². The molecule has 9 heteroatoms. The summed E-state index contributed by atoms with van der Waals surface area (Å²) in [7, 11) is -3.33. The van der Waals surface area contributed by atoms with Crippen LogP contribution >= 0.6 is 0 Å². The molecule has 0 saturated heterocycles. The number of sulfonamides is 1. The highest BCUT2D eigenvalue weighted by Gasteiger charge is 2.27. The standard InChI is InChI=1S/C22H25N5O3S/c1-22(2,3)18-14-20(27(25-18)19-7-5-6-11-23-19)24-21(28)16-8-9-17-15(13-16)10-12-26(17)31(4,29)30/h5-9,11,13-14H,10,12H2,1-4H3,(H,24,28). The Morgan fingerprint density at radius 3 is 2.55 bits per heavy atom. The summed E-state index contributed by atoms with van der Waals surface area (Å²) in [5.41, 5.74) is 2.55. The number of anilines is 2. The van der Waals surface area contributed by atoms with Crippen LogP contribution in [0.4, 0.5) is 11.5 Å². The summed E-state index contributed by atoms with van der Waals surface area (Å²) in [6, 6.07) is 12.4. The molecule has 4 rings (SSSR count). The number of benzene rings is 1. The Kier molecular flexibility index (Phi) is 5.09. The largest absolute Gasteiger partial charge is 0.306 e. The van der Waals surface area contributed by atoms with Gasteiger partial charge in [0.2, 0.25) is 10.0 Å². The lowest BCUT2D eigenvalue weighted by molar-refractivity contribution is 0.102. The molecule has 0 bridgehead atoms. The van der Waals surface area contributed by atoms with E-state index in [1.807, 2.05) is 24.3 Å². The van der Waals surface area contributed by atoms with Gasteiger partial charge in [-0.2, -0.15) is 9.78 Å². The lowest BCUT2D eigenvalue weighted by Gasteiger charge is -2.16. The van der Waals surface area contributed by atoms with Crippen molar-refractivity contribution >= 4 is 27.4 Å². The number of hydrogen-bond donors (Lipinski definition) is 1. The monoisotopic (exact) mass is 439 g/mol. The number of fused-ring (bicyclic) bond motifs is 1. The number of nitrogens with zero attached hydrogens (tertiary/aromatic N) is 4. The van der Waals surface area contributed by atoms with Gasteiger partial charge < -0.3 is 5.32 Å². The quantitative estimate of drug-likeness (QED) is 0.674. The zero-order chi connectivity index (χ0) is 22.4. The molecule has 0 unspecified atom stereocenters. The van der Waals surface area contributed by atoms with Gasteiger partial charge in [-0.25, -0.2) is 13.4 Å². The molecule has 1 aliphatic heterocycles. The van der Waals surface area contributed by atoms with Gasteiger partial charge in [0.15, 0.2) is 5.82 Å². The maximum Gasteiger partial charge on any atom is 0.256 e. The zero-order valence-electron chi connectivity index (χ0n) is 18.0. The fourth-order valence-electron chi connectivity index (χ4n) is 3.54. The van der Waals surface area contributed by atoms with Crippen molar-refractivity contribution < 1.29 is 13.2 Å². The van der Waals surface area contributed by atoms with Gasteiger partial charge in [0.05, 0.1) is 17.6 Å². The first-order valence-corrected chi connectivity index (χ1v) is 11.8. The second-order valence-electron chi connectivity index (χ2n) is 8.65. The number of rotatable bonds is 4. The third-order valence-corrected chi connectivity index (χ3v) is 6.36. The molecule has 0 radical (unpaired) electrons. The number of aromatic nitrogens is 3. The Hall–Kier alpha value is -3.20. The molecule has 0 saturated carbocycles. The van der Waals surface area contributed by atoms with E-state index in [0.29, 0.717) is 35.9 Å². The normalized spacial score (nSPS) is 13.9. The van der Waals surface area contributed by atoms with E-state index >= 15 is 0 Å². The van der Waals surface area contributed by atoms with Crippen molar-refractivity contribution in [2.24, 2.45) is 0 Å². The van der Waals surface area contributed by atoms with Crippen LogP contribution in [0, 0.1) is 0 Å². The van der Waals surface area contributed by atoms with Gasteiger partial charge in [-0.05, 0) is 42.3 Å². The van der Waals surface area contributed by atoms with E-state index in [2.05, 4.69) is 36.2 Å². The van der Waals surface area contributed by atoms with Crippen LogP contribution < -0.4 is 9.62 Å². The van der Waals surface area contributed by atoms with E-state index in [0.717, 1.165) is 11.3 Å². The minimum absolute atomic E-state index is 0.206. The number of nitrogens with one attached hydrogen (secondary N) is 1. The van der Waals surface area contributed by atoms with Gasteiger partial charge in [0.25, 0.3) is 5.91 Å². The predicted octanol–water partition coefficient (Wildman–Crippen LogP) is 3.14. The Morgan fingerprint density at radius 1 is 1.13 bits per heavy atom. The average Bonchev–Trinajstić information content (AvgIpc) is 3.32. The number of hydrogen-bond acceptors (Lipinski definition) is 5. The number of carbonyl (C=O) groups is 1. The van der Waals surface area contributed by atoms with E-state index in [1.54, 1.807) is 29.1 Å². The van der Waals surface area contributed by atoms with Crippen LogP contribution in [0.3, 0.4) is 0 Å². The lowest BCUT2D eigenvalue weighted by Crippen LogP contribution is -2.27. The Balaban J connectivity index is 1.66. The number of carbonyl (C=O) groups excluding carboxylic acids is 1. The molecular formula is C22H25N5O3S. The lowest BCUT2D eigenvalue weighted by atomic mass is 9.92. The molecule has 162 valence electrons. The third-order valence-electron chi connectivity index (χ3n) is 5.18. The first-order chi connectivity index (χ1) is 14.5. The Bertz CT molecular complexity index is 1240. The van der Waals surface area contributed by atoms with Crippen molar-refractivity contribution in [3.63, 3.8) is 0 Å². The summed E-state index contributed by atoms with van der Waals surface area (Å²) in [6.45, 7) is 6.55. The van der Waals surface area contributed by atoms with Crippen LogP contribution in [0.2, 0.25) is 0 Å². The van der Waals surface area contributed by atoms with E-state index < -0.39 is 10.0 Å². The molecule has 1 N–H and O–H groups in total. The van der Waals surface area contributed by atoms with Gasteiger partial charge in [0.1, 0.15) is 5.82 Å². The smallest absolute Gasteiger partial charge is 0.256 e. The zero-order valence-corrected chi connectivity index (χ0v) is 18.8. The van der Waals surface area contributed by atoms with Gasteiger partial charge in [0, 0.05) is 29.8 Å². The van der Waals surface area contributed by atoms with Crippen LogP contribution in [0.1, 0.15) is 42.4 Å². The molecule has 3 heterocycles. The van der Waals surface area contributed by atoms with Crippen molar-refractivity contribution in [2.45, 2.75) is 32.6 Å². The summed E-state index contributed by atoms with van der Waals surface area (Å²) < 4.78 is 26.9. The SMILES string of the molecule is CC(C)(C)c1cc(NC(=O)c2ccc3c(c2)CCN3S(C)(=O)=O)n(-c2ccccn2)n1. The molecule has 0 atom stereocenters. The van der Waals surface area contributed by atoms with Crippen LogP contribution in [0.15, 0.2) is 48.7 Å². The van der Waals surface area contributed by atoms with Crippen molar-refractivity contribution in [2.75, 3.05) is 22.4 Å². The van der Waals surface area contributed by atoms with Crippen LogP contribution in [-0.4, -0.2) is 41.9 Å². The maximum absolute atomic E-state index is 13.0. The number of pyridine rings is 1. The fourth-order valence-corrected chi connectivity index (χ4v) is 4.49. The Morgan fingerprint density at radius 2 is 1.90 bits per heavy atom. The highest BCUT2D eigenvalue weighted by molar-refractivity contribution is 7.92. The minimum atomic E-state index is -3.33. The second-order valence-corrected chi connectivity index (χ2v) is 10.6. The molecule has 1 aliphatic rings. The van der Waals surface area contributed by atoms with Gasteiger partial charge >= 0.3 is 0 Å². The van der Waals surface area contributed by atoms with Crippen LogP contribution in [-0.2, 0) is 21.9 Å². The van der Waals surface area contributed by atoms with E-state index in [9.17, 15) is 13.2 Å². The maximum atomic E-state index is 13.0. The highest BCUT2D eigenvalue weighted by atomic mass is 32.2. The fraction of sp³-hybridized carbons (Fsp3) is 0.318. The highest BCUT2D eigenvalue weighted by Crippen LogP contribution is 2.31. The van der Waals surface area contributed by atoms with Crippen molar-refractivity contribution in [1.82, 2.24) is 14.8 Å². The van der Waals surface area contributed by atoms with Gasteiger partial charge in [-0.3, -0.25) is 9.10 Å². The van der Waals surface area contributed by atoms with Crippen LogP contribution in [0.25, 0.3) is 5.82 Å². The molecule has 0 fully saturated rings. The van der Waals surface area contributed by atoms with E-state index in [4.69, 9.17) is 0 Å². The molecular weight excluding hydrogens is 414 g/mol. The van der Waals surface area contributed by atoms with Crippen molar-refractivity contribution in [1.29, 1.82) is 0 Å². The van der Waals surface area contributed by atoms with Crippen LogP contribution in [0.5, 0.6) is 0 Å².